The lowest BCUT2D eigenvalue weighted by Crippen LogP contribution is -2.42. The Labute approximate surface area is 145 Å². The standard InChI is InChI=1S/C17H21N5O3/c1-3-20-8-9-21-15(16(20)24)19-22(17(21)25)11-14(23)18-10-13-6-4-12(2)5-7-13/h4-7H,3,8-11H2,1-2H3,(H,18,23). The second kappa shape index (κ2) is 6.92. The molecule has 1 aliphatic heterocycles. The Bertz CT molecular complexity index is 850. The first-order valence-corrected chi connectivity index (χ1v) is 8.28. The number of hydrogen-bond acceptors (Lipinski definition) is 4. The van der Waals surface area contributed by atoms with E-state index in [1.807, 2.05) is 38.1 Å². The van der Waals surface area contributed by atoms with Crippen LogP contribution in [0.4, 0.5) is 0 Å². The van der Waals surface area contributed by atoms with Crippen molar-refractivity contribution < 1.29 is 9.59 Å². The second-order valence-electron chi connectivity index (χ2n) is 6.06. The zero-order valence-electron chi connectivity index (χ0n) is 14.4. The Hall–Kier alpha value is -2.90. The summed E-state index contributed by atoms with van der Waals surface area (Å²) in [4.78, 5) is 38.3. The fraction of sp³-hybridized carbons (Fsp3) is 0.412. The first-order valence-electron chi connectivity index (χ1n) is 8.28. The molecule has 2 aromatic rings. The minimum absolute atomic E-state index is 0.101. The number of carbonyl (C=O) groups is 2. The van der Waals surface area contributed by atoms with Gasteiger partial charge in [-0.1, -0.05) is 29.8 Å². The number of aryl methyl sites for hydroxylation is 1. The molecule has 2 heterocycles. The molecule has 8 heteroatoms. The molecule has 1 aromatic heterocycles. The van der Waals surface area contributed by atoms with E-state index in [0.29, 0.717) is 26.2 Å². The average Bonchev–Trinajstić information content (AvgIpc) is 2.92. The number of hydrogen-bond donors (Lipinski definition) is 1. The fourth-order valence-corrected chi connectivity index (χ4v) is 2.77. The van der Waals surface area contributed by atoms with E-state index >= 15 is 0 Å². The predicted molar refractivity (Wildman–Crippen MR) is 91.1 cm³/mol. The molecule has 0 saturated carbocycles. The molecule has 3 rings (SSSR count). The highest BCUT2D eigenvalue weighted by Gasteiger charge is 2.28. The molecule has 1 aromatic carbocycles. The molecule has 1 N–H and O–H groups in total. The summed E-state index contributed by atoms with van der Waals surface area (Å²) >= 11 is 0. The molecule has 132 valence electrons. The number of rotatable bonds is 5. The van der Waals surface area contributed by atoms with Gasteiger partial charge in [-0.25, -0.2) is 9.48 Å². The zero-order valence-corrected chi connectivity index (χ0v) is 14.4. The van der Waals surface area contributed by atoms with Gasteiger partial charge in [-0.15, -0.1) is 5.10 Å². The van der Waals surface area contributed by atoms with Crippen LogP contribution in [0.5, 0.6) is 0 Å². The molecule has 0 atom stereocenters. The van der Waals surface area contributed by atoms with Crippen molar-refractivity contribution in [1.82, 2.24) is 24.6 Å². The number of benzene rings is 1. The topological polar surface area (TPSA) is 89.2 Å². The van der Waals surface area contributed by atoms with Gasteiger partial charge in [-0.3, -0.25) is 14.2 Å². The SMILES string of the molecule is CCN1CCn2c(nn(CC(=O)NCc3ccc(C)cc3)c2=O)C1=O. The molecule has 2 amide bonds. The van der Waals surface area contributed by atoms with Gasteiger partial charge in [-0.2, -0.15) is 0 Å². The summed E-state index contributed by atoms with van der Waals surface area (Å²) in [5.41, 5.74) is 1.70. The van der Waals surface area contributed by atoms with E-state index in [-0.39, 0.29) is 24.2 Å². The molecule has 0 bridgehead atoms. The third kappa shape index (κ3) is 3.47. The van der Waals surface area contributed by atoms with Crippen molar-refractivity contribution in [2.24, 2.45) is 0 Å². The van der Waals surface area contributed by atoms with Crippen LogP contribution in [-0.2, 0) is 24.4 Å². The molecule has 0 saturated heterocycles. The number of amides is 2. The summed E-state index contributed by atoms with van der Waals surface area (Å²) < 4.78 is 2.39. The van der Waals surface area contributed by atoms with Gasteiger partial charge in [0.1, 0.15) is 6.54 Å². The summed E-state index contributed by atoms with van der Waals surface area (Å²) in [6.45, 7) is 5.49. The zero-order chi connectivity index (χ0) is 18.0. The van der Waals surface area contributed by atoms with Gasteiger partial charge in [0.2, 0.25) is 11.7 Å². The first-order chi connectivity index (χ1) is 12.0. The number of nitrogens with zero attached hydrogens (tertiary/aromatic N) is 4. The predicted octanol–water partition coefficient (Wildman–Crippen LogP) is 0.145. The van der Waals surface area contributed by atoms with Crippen LogP contribution in [0.15, 0.2) is 29.1 Å². The van der Waals surface area contributed by atoms with Gasteiger partial charge in [0, 0.05) is 26.2 Å². The molecule has 0 radical (unpaired) electrons. The molecule has 0 spiro atoms. The van der Waals surface area contributed by atoms with Gasteiger partial charge in [0.15, 0.2) is 0 Å². The van der Waals surface area contributed by atoms with E-state index in [0.717, 1.165) is 15.8 Å². The fourth-order valence-electron chi connectivity index (χ4n) is 2.77. The second-order valence-corrected chi connectivity index (χ2v) is 6.06. The average molecular weight is 343 g/mol. The number of nitrogens with one attached hydrogen (secondary N) is 1. The lowest BCUT2D eigenvalue weighted by molar-refractivity contribution is -0.122. The monoisotopic (exact) mass is 343 g/mol. The van der Waals surface area contributed by atoms with Crippen molar-refractivity contribution in [1.29, 1.82) is 0 Å². The molecule has 0 aliphatic carbocycles. The largest absolute Gasteiger partial charge is 0.350 e. The van der Waals surface area contributed by atoms with Crippen LogP contribution < -0.4 is 11.0 Å². The molecular formula is C17H21N5O3. The first kappa shape index (κ1) is 16.9. The van der Waals surface area contributed by atoms with E-state index in [1.54, 1.807) is 4.90 Å². The van der Waals surface area contributed by atoms with Gasteiger partial charge in [-0.05, 0) is 19.4 Å². The lowest BCUT2D eigenvalue weighted by Gasteiger charge is -2.24. The number of aromatic nitrogens is 3. The van der Waals surface area contributed by atoms with Crippen molar-refractivity contribution in [3.8, 4) is 0 Å². The van der Waals surface area contributed by atoms with Crippen LogP contribution in [0, 0.1) is 6.92 Å². The Kier molecular flexibility index (Phi) is 4.69. The number of carbonyl (C=O) groups excluding carboxylic acids is 2. The maximum Gasteiger partial charge on any atom is 0.346 e. The Balaban J connectivity index is 1.67. The molecule has 0 fully saturated rings. The van der Waals surface area contributed by atoms with Crippen LogP contribution >= 0.6 is 0 Å². The highest BCUT2D eigenvalue weighted by Crippen LogP contribution is 2.07. The van der Waals surface area contributed by atoms with E-state index < -0.39 is 5.69 Å². The van der Waals surface area contributed by atoms with Crippen LogP contribution in [0.2, 0.25) is 0 Å². The highest BCUT2D eigenvalue weighted by molar-refractivity contribution is 5.91. The van der Waals surface area contributed by atoms with Crippen molar-refractivity contribution in [2.75, 3.05) is 13.1 Å². The van der Waals surface area contributed by atoms with Crippen molar-refractivity contribution in [3.63, 3.8) is 0 Å². The summed E-state index contributed by atoms with van der Waals surface area (Å²) in [5.74, 6) is -0.494. The van der Waals surface area contributed by atoms with E-state index in [4.69, 9.17) is 0 Å². The van der Waals surface area contributed by atoms with E-state index in [1.165, 1.54) is 4.57 Å². The summed E-state index contributed by atoms with van der Waals surface area (Å²) in [6.07, 6.45) is 0. The normalized spacial score (nSPS) is 13.7. The van der Waals surface area contributed by atoms with Crippen molar-refractivity contribution >= 4 is 11.8 Å². The quantitative estimate of drug-likeness (QED) is 0.837. The Morgan fingerprint density at radius 1 is 1.20 bits per heavy atom. The maximum absolute atomic E-state index is 12.3. The van der Waals surface area contributed by atoms with Crippen LogP contribution in [0.25, 0.3) is 0 Å². The highest BCUT2D eigenvalue weighted by atomic mass is 16.2. The summed E-state index contributed by atoms with van der Waals surface area (Å²) in [5, 5.41) is 6.81. The number of fused-ring (bicyclic) bond motifs is 1. The minimum Gasteiger partial charge on any atom is -0.350 e. The lowest BCUT2D eigenvalue weighted by atomic mass is 10.1. The Morgan fingerprint density at radius 3 is 2.60 bits per heavy atom. The smallest absolute Gasteiger partial charge is 0.346 e. The molecule has 25 heavy (non-hydrogen) atoms. The van der Waals surface area contributed by atoms with Crippen LogP contribution in [0.3, 0.4) is 0 Å². The molecule has 8 nitrogen and oxygen atoms in total. The van der Waals surface area contributed by atoms with Crippen LogP contribution in [-0.4, -0.2) is 44.2 Å². The van der Waals surface area contributed by atoms with Crippen molar-refractivity contribution in [3.05, 3.63) is 51.7 Å². The van der Waals surface area contributed by atoms with Crippen LogP contribution in [0.1, 0.15) is 28.7 Å². The number of likely N-dealkylation sites (N-methyl/N-ethyl adjacent to an activating group) is 1. The third-order valence-corrected chi connectivity index (χ3v) is 4.28. The van der Waals surface area contributed by atoms with Gasteiger partial charge in [0.05, 0.1) is 0 Å². The maximum atomic E-state index is 12.3. The molecular weight excluding hydrogens is 322 g/mol. The summed E-state index contributed by atoms with van der Waals surface area (Å²) in [7, 11) is 0. The minimum atomic E-state index is -0.426. The van der Waals surface area contributed by atoms with Gasteiger partial charge in [0.25, 0.3) is 5.91 Å². The van der Waals surface area contributed by atoms with Gasteiger partial charge < -0.3 is 10.2 Å². The van der Waals surface area contributed by atoms with E-state index in [9.17, 15) is 14.4 Å². The summed E-state index contributed by atoms with van der Waals surface area (Å²) in [6, 6.07) is 7.82. The van der Waals surface area contributed by atoms with Crippen molar-refractivity contribution in [2.45, 2.75) is 33.5 Å². The third-order valence-electron chi connectivity index (χ3n) is 4.28. The van der Waals surface area contributed by atoms with E-state index in [2.05, 4.69) is 10.4 Å². The molecule has 1 aliphatic rings. The van der Waals surface area contributed by atoms with Gasteiger partial charge >= 0.3 is 5.69 Å². The Morgan fingerprint density at radius 2 is 1.92 bits per heavy atom. The molecule has 0 unspecified atom stereocenters.